The smallest absolute Gasteiger partial charge is 0.227 e. The Balaban J connectivity index is 1.16. The zero-order valence-electron chi connectivity index (χ0n) is 28.8. The molecule has 2 heteroatoms. The molecule has 0 saturated heterocycles. The van der Waals surface area contributed by atoms with Gasteiger partial charge >= 0.3 is 0 Å². The molecule has 0 radical (unpaired) electrons. The van der Waals surface area contributed by atoms with Crippen molar-refractivity contribution in [2.24, 2.45) is 0 Å². The zero-order chi connectivity index (χ0) is 34.9. The fraction of sp³-hybridized carbons (Fsp3) is 0. The van der Waals surface area contributed by atoms with E-state index in [9.17, 15) is 0 Å². The van der Waals surface area contributed by atoms with E-state index >= 15 is 0 Å². The third-order valence-corrected chi connectivity index (χ3v) is 10.8. The second-order valence-corrected chi connectivity index (χ2v) is 13.8. The maximum Gasteiger partial charge on any atom is 0.227 e. The molecule has 0 aliphatic rings. The van der Waals surface area contributed by atoms with Crippen molar-refractivity contribution in [3.8, 4) is 44.8 Å². The monoisotopic (exact) mass is 673 g/mol. The highest BCUT2D eigenvalue weighted by Gasteiger charge is 2.19. The maximum absolute atomic E-state index is 6.58. The predicted molar refractivity (Wildman–Crippen MR) is 223 cm³/mol. The molecule has 0 bridgehead atoms. The summed E-state index contributed by atoms with van der Waals surface area (Å²) in [4.78, 5) is 4.91. The van der Waals surface area contributed by atoms with Gasteiger partial charge in [0.25, 0.3) is 0 Å². The standard InChI is InChI=1S/C51H31NO/c1-2-13-35(14-3-1)51-52-46-29-28-34-26-24-33-25-27-38(31-45(33)49(34)50(46)53-51)48-43-21-8-6-19-41(43)47(42-20-7-9-22-44(42)48)37-17-10-16-36(30-37)40-23-11-15-32-12-4-5-18-39(32)40/h1-31H. The van der Waals surface area contributed by atoms with E-state index in [1.807, 2.05) is 30.3 Å². The van der Waals surface area contributed by atoms with Gasteiger partial charge in [-0.1, -0.05) is 158 Å². The Bertz CT molecular complexity index is 3160. The van der Waals surface area contributed by atoms with Crippen LogP contribution in [0.5, 0.6) is 0 Å². The summed E-state index contributed by atoms with van der Waals surface area (Å²) >= 11 is 0. The third-order valence-electron chi connectivity index (χ3n) is 10.8. The first-order valence-corrected chi connectivity index (χ1v) is 18.1. The minimum absolute atomic E-state index is 0.637. The Kier molecular flexibility index (Phi) is 6.59. The Morgan fingerprint density at radius 1 is 0.340 bits per heavy atom. The molecule has 0 unspecified atom stereocenters. The minimum Gasteiger partial charge on any atom is -0.435 e. The van der Waals surface area contributed by atoms with E-state index in [2.05, 4.69) is 158 Å². The van der Waals surface area contributed by atoms with Gasteiger partial charge in [0.2, 0.25) is 5.89 Å². The predicted octanol–water partition coefficient (Wildman–Crippen LogP) is 14.3. The highest BCUT2D eigenvalue weighted by Crippen LogP contribution is 2.46. The topological polar surface area (TPSA) is 26.0 Å². The summed E-state index contributed by atoms with van der Waals surface area (Å²) in [6.45, 7) is 0. The summed E-state index contributed by atoms with van der Waals surface area (Å²) in [7, 11) is 0. The van der Waals surface area contributed by atoms with Crippen LogP contribution in [0, 0.1) is 0 Å². The molecule has 0 atom stereocenters. The van der Waals surface area contributed by atoms with Gasteiger partial charge in [-0.2, -0.15) is 0 Å². The largest absolute Gasteiger partial charge is 0.435 e. The minimum atomic E-state index is 0.637. The third kappa shape index (κ3) is 4.70. The molecule has 0 fully saturated rings. The number of benzene rings is 10. The summed E-state index contributed by atoms with van der Waals surface area (Å²) in [6.07, 6.45) is 0. The van der Waals surface area contributed by atoms with Gasteiger partial charge in [0.1, 0.15) is 5.52 Å². The second kappa shape index (κ2) is 11.8. The average molecular weight is 674 g/mol. The van der Waals surface area contributed by atoms with Crippen molar-refractivity contribution in [2.45, 2.75) is 0 Å². The molecule has 0 amide bonds. The molecule has 53 heavy (non-hydrogen) atoms. The van der Waals surface area contributed by atoms with Crippen molar-refractivity contribution < 1.29 is 4.42 Å². The van der Waals surface area contributed by atoms with Crippen LogP contribution in [0.3, 0.4) is 0 Å². The molecule has 2 nitrogen and oxygen atoms in total. The first-order chi connectivity index (χ1) is 26.3. The van der Waals surface area contributed by atoms with Crippen LogP contribution < -0.4 is 0 Å². The van der Waals surface area contributed by atoms with Gasteiger partial charge < -0.3 is 4.42 Å². The Hall–Kier alpha value is -7.03. The lowest BCUT2D eigenvalue weighted by molar-refractivity contribution is 0.623. The van der Waals surface area contributed by atoms with E-state index in [4.69, 9.17) is 9.40 Å². The molecule has 1 heterocycles. The number of oxazole rings is 1. The molecule has 0 aliphatic carbocycles. The quantitative estimate of drug-likeness (QED) is 0.137. The Morgan fingerprint density at radius 2 is 0.868 bits per heavy atom. The second-order valence-electron chi connectivity index (χ2n) is 13.8. The van der Waals surface area contributed by atoms with Gasteiger partial charge in [0, 0.05) is 10.9 Å². The lowest BCUT2D eigenvalue weighted by atomic mass is 9.84. The fourth-order valence-corrected chi connectivity index (χ4v) is 8.45. The first-order valence-electron chi connectivity index (χ1n) is 18.1. The van der Waals surface area contributed by atoms with Gasteiger partial charge in [0.05, 0.1) is 0 Å². The van der Waals surface area contributed by atoms with E-state index in [-0.39, 0.29) is 0 Å². The molecule has 0 spiro atoms. The van der Waals surface area contributed by atoms with Crippen LogP contribution in [0.2, 0.25) is 0 Å². The average Bonchev–Trinajstić information content (AvgIpc) is 3.67. The normalized spacial score (nSPS) is 11.8. The van der Waals surface area contributed by atoms with Gasteiger partial charge in [-0.25, -0.2) is 4.98 Å². The summed E-state index contributed by atoms with van der Waals surface area (Å²) in [5.74, 6) is 0.637. The highest BCUT2D eigenvalue weighted by atomic mass is 16.3. The van der Waals surface area contributed by atoms with Crippen molar-refractivity contribution in [3.05, 3.63) is 188 Å². The molecule has 0 N–H and O–H groups in total. The van der Waals surface area contributed by atoms with E-state index < -0.39 is 0 Å². The molecule has 246 valence electrons. The molecule has 0 aliphatic heterocycles. The fourth-order valence-electron chi connectivity index (χ4n) is 8.45. The van der Waals surface area contributed by atoms with Gasteiger partial charge in [-0.3, -0.25) is 0 Å². The van der Waals surface area contributed by atoms with Crippen LogP contribution in [-0.4, -0.2) is 4.98 Å². The van der Waals surface area contributed by atoms with Gasteiger partial charge in [-0.05, 0) is 112 Å². The molecular weight excluding hydrogens is 643 g/mol. The summed E-state index contributed by atoms with van der Waals surface area (Å²) in [5.41, 5.74) is 9.99. The van der Waals surface area contributed by atoms with Crippen LogP contribution in [0.4, 0.5) is 0 Å². The Labute approximate surface area is 306 Å². The lowest BCUT2D eigenvalue weighted by Gasteiger charge is -2.19. The summed E-state index contributed by atoms with van der Waals surface area (Å²) in [6, 6.07) is 67.7. The molecule has 11 rings (SSSR count). The Morgan fingerprint density at radius 3 is 1.62 bits per heavy atom. The maximum atomic E-state index is 6.58. The number of fused-ring (bicyclic) bond motifs is 8. The number of hydrogen-bond acceptors (Lipinski definition) is 2. The molecular formula is C51H31NO. The highest BCUT2D eigenvalue weighted by molar-refractivity contribution is 6.23. The van der Waals surface area contributed by atoms with Crippen molar-refractivity contribution >= 4 is 65.0 Å². The van der Waals surface area contributed by atoms with Crippen molar-refractivity contribution in [1.29, 1.82) is 0 Å². The number of rotatable bonds is 4. The zero-order valence-corrected chi connectivity index (χ0v) is 28.8. The first kappa shape index (κ1) is 29.7. The van der Waals surface area contributed by atoms with E-state index in [0.29, 0.717) is 5.89 Å². The molecule has 11 aromatic rings. The van der Waals surface area contributed by atoms with Crippen molar-refractivity contribution in [3.63, 3.8) is 0 Å². The van der Waals surface area contributed by atoms with Crippen LogP contribution in [0.1, 0.15) is 0 Å². The van der Waals surface area contributed by atoms with E-state index in [0.717, 1.165) is 32.8 Å². The molecule has 1 aromatic heterocycles. The van der Waals surface area contributed by atoms with E-state index in [1.165, 1.54) is 71.1 Å². The number of hydrogen-bond donors (Lipinski definition) is 0. The molecule has 0 saturated carbocycles. The van der Waals surface area contributed by atoms with Gasteiger partial charge in [0.15, 0.2) is 5.58 Å². The van der Waals surface area contributed by atoms with Gasteiger partial charge in [-0.15, -0.1) is 0 Å². The summed E-state index contributed by atoms with van der Waals surface area (Å²) in [5, 5.41) is 12.0. The number of nitrogens with zero attached hydrogens (tertiary/aromatic N) is 1. The van der Waals surface area contributed by atoms with Crippen molar-refractivity contribution in [1.82, 2.24) is 4.98 Å². The SMILES string of the molecule is c1ccc(-c2nc3ccc4ccc5ccc(-c6c7ccccc7c(-c7cccc(-c8cccc9ccccc89)c7)c7ccccc67)cc5c4c3o2)cc1. The van der Waals surface area contributed by atoms with Crippen LogP contribution in [0.15, 0.2) is 192 Å². The van der Waals surface area contributed by atoms with Crippen molar-refractivity contribution in [2.75, 3.05) is 0 Å². The van der Waals surface area contributed by atoms with Crippen LogP contribution >= 0.6 is 0 Å². The molecule has 10 aromatic carbocycles. The van der Waals surface area contributed by atoms with Crippen LogP contribution in [-0.2, 0) is 0 Å². The van der Waals surface area contributed by atoms with E-state index in [1.54, 1.807) is 0 Å². The van der Waals surface area contributed by atoms with Crippen LogP contribution in [0.25, 0.3) is 110 Å². The number of aromatic nitrogens is 1. The summed E-state index contributed by atoms with van der Waals surface area (Å²) < 4.78 is 6.58. The lowest BCUT2D eigenvalue weighted by Crippen LogP contribution is -1.91.